The molecule has 20 heavy (non-hydrogen) atoms. The number of methoxy groups -OCH3 is 2. The highest BCUT2D eigenvalue weighted by Gasteiger charge is 2.15. The first-order valence-electron chi connectivity index (χ1n) is 6.60. The predicted molar refractivity (Wildman–Crippen MR) is 79.5 cm³/mol. The lowest BCUT2D eigenvalue weighted by Crippen LogP contribution is -2.33. The number of carbonyl (C=O) groups is 1. The maximum atomic E-state index is 11.3. The normalized spacial score (nSPS) is 12.3. The average Bonchev–Trinajstić information content (AvgIpc) is 2.40. The number of nitrogens with zero attached hydrogens (tertiary/aromatic N) is 1. The molecule has 0 aromatic heterocycles. The molecule has 0 heterocycles. The summed E-state index contributed by atoms with van der Waals surface area (Å²) in [5, 5.41) is 3.33. The Labute approximate surface area is 120 Å². The summed E-state index contributed by atoms with van der Waals surface area (Å²) in [5.41, 5.74) is 2.05. The third-order valence-corrected chi connectivity index (χ3v) is 3.15. The maximum Gasteiger partial charge on any atom is 0.219 e. The third kappa shape index (κ3) is 4.83. The number of amides is 1. The van der Waals surface area contributed by atoms with E-state index in [2.05, 4.69) is 5.32 Å². The lowest BCUT2D eigenvalue weighted by molar-refractivity contribution is -0.128. The van der Waals surface area contributed by atoms with Gasteiger partial charge in [0.25, 0.3) is 0 Å². The molecule has 0 radical (unpaired) electrons. The van der Waals surface area contributed by atoms with E-state index in [0.717, 1.165) is 11.3 Å². The first kappa shape index (κ1) is 16.5. The number of hydrogen-bond donors (Lipinski definition) is 1. The zero-order valence-corrected chi connectivity index (χ0v) is 12.8. The third-order valence-electron chi connectivity index (χ3n) is 3.15. The highest BCUT2D eigenvalue weighted by atomic mass is 16.7. The van der Waals surface area contributed by atoms with Gasteiger partial charge in [0.2, 0.25) is 5.91 Å². The fourth-order valence-corrected chi connectivity index (χ4v) is 1.98. The Kier molecular flexibility index (Phi) is 6.48. The Morgan fingerprint density at radius 3 is 2.55 bits per heavy atom. The van der Waals surface area contributed by atoms with Gasteiger partial charge in [-0.25, -0.2) is 0 Å². The van der Waals surface area contributed by atoms with E-state index in [4.69, 9.17) is 9.47 Å². The van der Waals surface area contributed by atoms with Gasteiger partial charge in [0.1, 0.15) is 0 Å². The summed E-state index contributed by atoms with van der Waals surface area (Å²) in [6.45, 7) is 4.15. The van der Waals surface area contributed by atoms with Crippen molar-refractivity contribution in [3.63, 3.8) is 0 Å². The highest BCUT2D eigenvalue weighted by molar-refractivity contribution is 5.72. The maximum absolute atomic E-state index is 11.3. The summed E-state index contributed by atoms with van der Waals surface area (Å²) in [5.74, 6) is 0.0514. The minimum atomic E-state index is -0.307. The van der Waals surface area contributed by atoms with Crippen LogP contribution in [0.15, 0.2) is 24.3 Å². The molecule has 5 heteroatoms. The highest BCUT2D eigenvalue weighted by Crippen LogP contribution is 2.15. The fraction of sp³-hybridized carbons (Fsp3) is 0.533. The number of carbonyl (C=O) groups excluding carboxylic acids is 1. The van der Waals surface area contributed by atoms with Gasteiger partial charge in [-0.3, -0.25) is 4.79 Å². The van der Waals surface area contributed by atoms with Crippen LogP contribution in [-0.2, 0) is 20.8 Å². The van der Waals surface area contributed by atoms with E-state index < -0.39 is 0 Å². The molecule has 5 nitrogen and oxygen atoms in total. The summed E-state index contributed by atoms with van der Waals surface area (Å²) in [7, 11) is 5.02. The number of hydrogen-bond acceptors (Lipinski definition) is 4. The van der Waals surface area contributed by atoms with Gasteiger partial charge in [-0.15, -0.1) is 0 Å². The van der Waals surface area contributed by atoms with Crippen LogP contribution >= 0.6 is 0 Å². The van der Waals surface area contributed by atoms with Gasteiger partial charge in [0.15, 0.2) is 6.29 Å². The predicted octanol–water partition coefficient (Wildman–Crippen LogP) is 2.08. The van der Waals surface area contributed by atoms with E-state index in [-0.39, 0.29) is 18.2 Å². The number of anilines is 1. The molecule has 0 fully saturated rings. The van der Waals surface area contributed by atoms with Crippen LogP contribution in [0.5, 0.6) is 0 Å². The van der Waals surface area contributed by atoms with E-state index in [1.165, 1.54) is 0 Å². The van der Waals surface area contributed by atoms with Gasteiger partial charge in [0, 0.05) is 40.4 Å². The SMILES string of the molecule is COC(OC)C(C)Nc1cccc(CN(C)C(C)=O)c1. The van der Waals surface area contributed by atoms with Crippen molar-refractivity contribution in [3.8, 4) is 0 Å². The molecule has 0 bridgehead atoms. The molecule has 1 amide bonds. The zero-order chi connectivity index (χ0) is 15.1. The molecule has 1 rings (SSSR count). The molecule has 0 aliphatic carbocycles. The van der Waals surface area contributed by atoms with E-state index in [1.807, 2.05) is 31.2 Å². The van der Waals surface area contributed by atoms with Crippen LogP contribution in [0.2, 0.25) is 0 Å². The van der Waals surface area contributed by atoms with Crippen molar-refractivity contribution in [1.82, 2.24) is 4.90 Å². The largest absolute Gasteiger partial charge is 0.377 e. The second-order valence-corrected chi connectivity index (χ2v) is 4.85. The Bertz CT molecular complexity index is 433. The van der Waals surface area contributed by atoms with Crippen LogP contribution in [-0.4, -0.2) is 44.4 Å². The Morgan fingerprint density at radius 2 is 2.00 bits per heavy atom. The van der Waals surface area contributed by atoms with Gasteiger partial charge < -0.3 is 19.7 Å². The van der Waals surface area contributed by atoms with Gasteiger partial charge in [-0.05, 0) is 24.6 Å². The standard InChI is InChI=1S/C15H24N2O3/c1-11(15(19-4)20-5)16-14-8-6-7-13(9-14)10-17(3)12(2)18/h6-9,11,15-16H,10H2,1-5H3. The van der Waals surface area contributed by atoms with Crippen LogP contribution in [0.25, 0.3) is 0 Å². The monoisotopic (exact) mass is 280 g/mol. The van der Waals surface area contributed by atoms with Gasteiger partial charge in [0.05, 0.1) is 6.04 Å². The zero-order valence-electron chi connectivity index (χ0n) is 12.8. The summed E-state index contributed by atoms with van der Waals surface area (Å²) < 4.78 is 10.4. The molecule has 1 unspecified atom stereocenters. The first-order valence-corrected chi connectivity index (χ1v) is 6.60. The van der Waals surface area contributed by atoms with Crippen LogP contribution in [0.1, 0.15) is 19.4 Å². The minimum Gasteiger partial charge on any atom is -0.377 e. The lowest BCUT2D eigenvalue weighted by Gasteiger charge is -2.23. The quantitative estimate of drug-likeness (QED) is 0.777. The molecule has 0 aliphatic heterocycles. The number of ether oxygens (including phenoxy) is 2. The number of benzene rings is 1. The molecule has 1 N–H and O–H groups in total. The van der Waals surface area contributed by atoms with Gasteiger partial charge >= 0.3 is 0 Å². The van der Waals surface area contributed by atoms with E-state index in [1.54, 1.807) is 33.1 Å². The summed E-state index contributed by atoms with van der Waals surface area (Å²) in [6, 6.07) is 7.99. The fourth-order valence-electron chi connectivity index (χ4n) is 1.98. The molecule has 112 valence electrons. The van der Waals surface area contributed by atoms with E-state index in [0.29, 0.717) is 6.54 Å². The van der Waals surface area contributed by atoms with Crippen LogP contribution in [0.4, 0.5) is 5.69 Å². The summed E-state index contributed by atoms with van der Waals surface area (Å²) in [4.78, 5) is 12.9. The molecule has 0 saturated heterocycles. The van der Waals surface area contributed by atoms with Crippen molar-refractivity contribution in [2.45, 2.75) is 32.7 Å². The van der Waals surface area contributed by atoms with Crippen LogP contribution < -0.4 is 5.32 Å². The second-order valence-electron chi connectivity index (χ2n) is 4.85. The van der Waals surface area contributed by atoms with Crippen molar-refractivity contribution in [1.29, 1.82) is 0 Å². The second kappa shape index (κ2) is 7.87. The Hall–Kier alpha value is -1.59. The number of nitrogens with one attached hydrogen (secondary N) is 1. The molecule has 0 aliphatic rings. The molecule has 0 saturated carbocycles. The van der Waals surface area contributed by atoms with E-state index >= 15 is 0 Å². The molecule has 1 aromatic carbocycles. The van der Waals surface area contributed by atoms with Gasteiger partial charge in [-0.1, -0.05) is 12.1 Å². The summed E-state index contributed by atoms with van der Waals surface area (Å²) in [6.07, 6.45) is -0.307. The number of rotatable bonds is 7. The topological polar surface area (TPSA) is 50.8 Å². The van der Waals surface area contributed by atoms with Crippen molar-refractivity contribution < 1.29 is 14.3 Å². The summed E-state index contributed by atoms with van der Waals surface area (Å²) >= 11 is 0. The van der Waals surface area contributed by atoms with E-state index in [9.17, 15) is 4.79 Å². The minimum absolute atomic E-state index is 0.0192. The lowest BCUT2D eigenvalue weighted by atomic mass is 10.1. The Morgan fingerprint density at radius 1 is 1.35 bits per heavy atom. The molecular formula is C15H24N2O3. The molecular weight excluding hydrogens is 256 g/mol. The van der Waals surface area contributed by atoms with Crippen molar-refractivity contribution in [2.24, 2.45) is 0 Å². The van der Waals surface area contributed by atoms with Crippen LogP contribution in [0, 0.1) is 0 Å². The van der Waals surface area contributed by atoms with Crippen LogP contribution in [0.3, 0.4) is 0 Å². The van der Waals surface area contributed by atoms with Gasteiger partial charge in [-0.2, -0.15) is 0 Å². The Balaban J connectivity index is 2.70. The molecule has 0 spiro atoms. The first-order chi connectivity index (χ1) is 9.47. The smallest absolute Gasteiger partial charge is 0.219 e. The molecule has 1 atom stereocenters. The van der Waals surface area contributed by atoms with Crippen molar-refractivity contribution in [2.75, 3.05) is 26.6 Å². The average molecular weight is 280 g/mol. The molecule has 1 aromatic rings. The van der Waals surface area contributed by atoms with Crippen molar-refractivity contribution >= 4 is 11.6 Å². The van der Waals surface area contributed by atoms with Crippen molar-refractivity contribution in [3.05, 3.63) is 29.8 Å².